The number of halogens is 1. The number of nitrogens with one attached hydrogen (secondary N) is 2. The van der Waals surface area contributed by atoms with Crippen LogP contribution in [0, 0.1) is 0 Å². The lowest BCUT2D eigenvalue weighted by molar-refractivity contribution is 0.0609. The van der Waals surface area contributed by atoms with Crippen molar-refractivity contribution in [2.45, 2.75) is 25.3 Å². The van der Waals surface area contributed by atoms with Gasteiger partial charge in [-0.1, -0.05) is 0 Å². The Labute approximate surface area is 110 Å². The molecule has 0 saturated carbocycles. The topological polar surface area (TPSA) is 48.1 Å². The molecule has 1 aromatic heterocycles. The Morgan fingerprint density at radius 2 is 2.47 bits per heavy atom. The predicted molar refractivity (Wildman–Crippen MR) is 71.1 cm³/mol. The van der Waals surface area contributed by atoms with Crippen LogP contribution in [0.2, 0.25) is 0 Å². The van der Waals surface area contributed by atoms with Crippen molar-refractivity contribution < 1.29 is 4.79 Å². The third-order valence-corrected chi connectivity index (χ3v) is 3.66. The summed E-state index contributed by atoms with van der Waals surface area (Å²) in [7, 11) is 1.93. The third kappa shape index (κ3) is 2.90. The highest BCUT2D eigenvalue weighted by molar-refractivity contribution is 9.10. The molecule has 1 aliphatic rings. The van der Waals surface area contributed by atoms with Gasteiger partial charge in [0.1, 0.15) is 5.69 Å². The zero-order valence-electron chi connectivity index (χ0n) is 10.0. The number of nitrogens with zero attached hydrogens (tertiary/aromatic N) is 1. The number of rotatable bonds is 3. The molecular weight excluding hydrogens is 282 g/mol. The summed E-state index contributed by atoms with van der Waals surface area (Å²) >= 11 is 3.36. The number of hydrogen-bond acceptors (Lipinski definition) is 2. The van der Waals surface area contributed by atoms with E-state index in [1.54, 1.807) is 6.20 Å². The van der Waals surface area contributed by atoms with Crippen LogP contribution in [0.15, 0.2) is 16.7 Å². The Balaban J connectivity index is 2.10. The van der Waals surface area contributed by atoms with Gasteiger partial charge in [0.15, 0.2) is 0 Å². The molecule has 1 atom stereocenters. The molecule has 0 spiro atoms. The average molecular weight is 300 g/mol. The van der Waals surface area contributed by atoms with E-state index < -0.39 is 0 Å². The van der Waals surface area contributed by atoms with Gasteiger partial charge < -0.3 is 15.2 Å². The SMILES string of the molecule is CNCC1CCCCN1C(=O)c1cc(Br)c[nH]1. The number of carbonyl (C=O) groups excluding carboxylic acids is 1. The van der Waals surface area contributed by atoms with E-state index in [1.807, 2.05) is 18.0 Å². The number of likely N-dealkylation sites (N-methyl/N-ethyl adjacent to an activating group) is 1. The number of carbonyl (C=O) groups is 1. The normalized spacial score (nSPS) is 20.6. The summed E-state index contributed by atoms with van der Waals surface area (Å²) in [5.41, 5.74) is 0.667. The van der Waals surface area contributed by atoms with Crippen molar-refractivity contribution >= 4 is 21.8 Å². The largest absolute Gasteiger partial charge is 0.356 e. The van der Waals surface area contributed by atoms with E-state index >= 15 is 0 Å². The first-order chi connectivity index (χ1) is 8.22. The molecule has 1 saturated heterocycles. The zero-order valence-corrected chi connectivity index (χ0v) is 11.6. The maximum absolute atomic E-state index is 12.3. The molecule has 1 fully saturated rings. The van der Waals surface area contributed by atoms with Gasteiger partial charge in [-0.2, -0.15) is 0 Å². The van der Waals surface area contributed by atoms with Gasteiger partial charge in [0.05, 0.1) is 0 Å². The number of piperidine rings is 1. The molecule has 4 nitrogen and oxygen atoms in total. The zero-order chi connectivity index (χ0) is 12.3. The van der Waals surface area contributed by atoms with Gasteiger partial charge in [-0.25, -0.2) is 0 Å². The molecule has 2 N–H and O–H groups in total. The summed E-state index contributed by atoms with van der Waals surface area (Å²) in [5.74, 6) is 0.107. The number of aromatic nitrogens is 1. The minimum atomic E-state index is 0.107. The number of likely N-dealkylation sites (tertiary alicyclic amines) is 1. The molecule has 17 heavy (non-hydrogen) atoms. The summed E-state index contributed by atoms with van der Waals surface area (Å²) in [4.78, 5) is 17.3. The van der Waals surface area contributed by atoms with Crippen LogP contribution < -0.4 is 5.32 Å². The van der Waals surface area contributed by atoms with E-state index in [-0.39, 0.29) is 5.91 Å². The third-order valence-electron chi connectivity index (χ3n) is 3.21. The second-order valence-corrected chi connectivity index (χ2v) is 5.35. The van der Waals surface area contributed by atoms with Gasteiger partial charge in [-0.05, 0) is 48.3 Å². The first-order valence-corrected chi connectivity index (χ1v) is 6.81. The summed E-state index contributed by atoms with van der Waals surface area (Å²) in [5, 5.41) is 3.17. The quantitative estimate of drug-likeness (QED) is 0.897. The van der Waals surface area contributed by atoms with Gasteiger partial charge in [0, 0.05) is 29.8 Å². The molecule has 1 aromatic rings. The maximum Gasteiger partial charge on any atom is 0.270 e. The van der Waals surface area contributed by atoms with Gasteiger partial charge in [0.25, 0.3) is 5.91 Å². The van der Waals surface area contributed by atoms with E-state index in [1.165, 1.54) is 6.42 Å². The van der Waals surface area contributed by atoms with Crippen LogP contribution in [-0.4, -0.2) is 42.0 Å². The van der Waals surface area contributed by atoms with Crippen LogP contribution >= 0.6 is 15.9 Å². The maximum atomic E-state index is 12.3. The molecule has 5 heteroatoms. The molecule has 1 aliphatic heterocycles. The second-order valence-electron chi connectivity index (χ2n) is 4.44. The summed E-state index contributed by atoms with van der Waals surface area (Å²) in [6.45, 7) is 1.73. The standard InChI is InChI=1S/C12H18BrN3O/c1-14-8-10-4-2-3-5-16(10)12(17)11-6-9(13)7-15-11/h6-7,10,14-15H,2-5,8H2,1H3. The molecule has 2 rings (SSSR count). The van der Waals surface area contributed by atoms with Crippen LogP contribution in [0.25, 0.3) is 0 Å². The lowest BCUT2D eigenvalue weighted by Gasteiger charge is -2.35. The van der Waals surface area contributed by atoms with E-state index in [4.69, 9.17) is 0 Å². The van der Waals surface area contributed by atoms with Crippen LogP contribution in [0.5, 0.6) is 0 Å². The van der Waals surface area contributed by atoms with Crippen molar-refractivity contribution in [1.29, 1.82) is 0 Å². The molecule has 1 amide bonds. The highest BCUT2D eigenvalue weighted by atomic mass is 79.9. The number of hydrogen-bond donors (Lipinski definition) is 2. The highest BCUT2D eigenvalue weighted by Crippen LogP contribution is 2.20. The lowest BCUT2D eigenvalue weighted by Crippen LogP contribution is -2.48. The second kappa shape index (κ2) is 5.69. The first kappa shape index (κ1) is 12.6. The highest BCUT2D eigenvalue weighted by Gasteiger charge is 2.27. The van der Waals surface area contributed by atoms with Gasteiger partial charge >= 0.3 is 0 Å². The smallest absolute Gasteiger partial charge is 0.270 e. The number of amides is 1. The summed E-state index contributed by atoms with van der Waals surface area (Å²) in [6, 6.07) is 2.16. The molecule has 0 bridgehead atoms. The molecular formula is C12H18BrN3O. The molecule has 1 unspecified atom stereocenters. The Kier molecular flexibility index (Phi) is 4.23. The van der Waals surface area contributed by atoms with Gasteiger partial charge in [-0.15, -0.1) is 0 Å². The number of aromatic amines is 1. The minimum Gasteiger partial charge on any atom is -0.356 e. The van der Waals surface area contributed by atoms with Crippen molar-refractivity contribution in [2.24, 2.45) is 0 Å². The molecule has 94 valence electrons. The predicted octanol–water partition coefficient (Wildman–Crippen LogP) is 1.99. The van der Waals surface area contributed by atoms with E-state index in [0.717, 1.165) is 30.4 Å². The fourth-order valence-corrected chi connectivity index (χ4v) is 2.71. The van der Waals surface area contributed by atoms with Crippen LogP contribution in [-0.2, 0) is 0 Å². The van der Waals surface area contributed by atoms with Crippen molar-refractivity contribution in [1.82, 2.24) is 15.2 Å². The minimum absolute atomic E-state index is 0.107. The molecule has 0 aromatic carbocycles. The van der Waals surface area contributed by atoms with Crippen LogP contribution in [0.3, 0.4) is 0 Å². The summed E-state index contributed by atoms with van der Waals surface area (Å²) < 4.78 is 0.919. The monoisotopic (exact) mass is 299 g/mol. The Bertz CT molecular complexity index is 389. The number of H-pyrrole nitrogens is 1. The Morgan fingerprint density at radius 1 is 1.65 bits per heavy atom. The Hall–Kier alpha value is -0.810. The van der Waals surface area contributed by atoms with Crippen LogP contribution in [0.4, 0.5) is 0 Å². The van der Waals surface area contributed by atoms with Crippen molar-refractivity contribution in [3.63, 3.8) is 0 Å². The first-order valence-electron chi connectivity index (χ1n) is 6.02. The lowest BCUT2D eigenvalue weighted by atomic mass is 10.0. The van der Waals surface area contributed by atoms with Crippen molar-refractivity contribution in [3.05, 3.63) is 22.4 Å². The van der Waals surface area contributed by atoms with E-state index in [0.29, 0.717) is 11.7 Å². The van der Waals surface area contributed by atoms with Crippen molar-refractivity contribution in [3.8, 4) is 0 Å². The molecule has 0 radical (unpaired) electrons. The fraction of sp³-hybridized carbons (Fsp3) is 0.583. The van der Waals surface area contributed by atoms with Crippen LogP contribution in [0.1, 0.15) is 29.8 Å². The average Bonchev–Trinajstić information content (AvgIpc) is 2.76. The molecule has 0 aliphatic carbocycles. The molecule has 2 heterocycles. The Morgan fingerprint density at radius 3 is 3.12 bits per heavy atom. The van der Waals surface area contributed by atoms with Crippen molar-refractivity contribution in [2.75, 3.05) is 20.1 Å². The van der Waals surface area contributed by atoms with E-state index in [2.05, 4.69) is 26.2 Å². The van der Waals surface area contributed by atoms with Gasteiger partial charge in [0.2, 0.25) is 0 Å². The van der Waals surface area contributed by atoms with Gasteiger partial charge in [-0.3, -0.25) is 4.79 Å². The summed E-state index contributed by atoms with van der Waals surface area (Å²) in [6.07, 6.45) is 5.21. The van der Waals surface area contributed by atoms with E-state index in [9.17, 15) is 4.79 Å². The fourth-order valence-electron chi connectivity index (χ4n) is 2.36.